The Bertz CT molecular complexity index is 450. The minimum Gasteiger partial charge on any atom is -0.480 e. The van der Waals surface area contributed by atoms with E-state index in [0.29, 0.717) is 5.56 Å². The summed E-state index contributed by atoms with van der Waals surface area (Å²) >= 11 is 0. The highest BCUT2D eigenvalue weighted by atomic mass is 19.3. The van der Waals surface area contributed by atoms with E-state index in [1.165, 1.54) is 31.2 Å². The molecule has 0 amide bonds. The lowest BCUT2D eigenvalue weighted by Gasteiger charge is -2.37. The van der Waals surface area contributed by atoms with Crippen molar-refractivity contribution < 1.29 is 23.4 Å². The molecule has 0 aliphatic carbocycles. The zero-order valence-corrected chi connectivity index (χ0v) is 9.95. The molecule has 1 aliphatic heterocycles. The molecule has 5 heteroatoms. The van der Waals surface area contributed by atoms with Gasteiger partial charge in [0.2, 0.25) is 0 Å². The summed E-state index contributed by atoms with van der Waals surface area (Å²) in [5.41, 5.74) is -0.647. The topological polar surface area (TPSA) is 46.5 Å². The van der Waals surface area contributed by atoms with Crippen LogP contribution in [0.3, 0.4) is 0 Å². The molecule has 1 heterocycles. The van der Waals surface area contributed by atoms with Gasteiger partial charge >= 0.3 is 5.97 Å². The summed E-state index contributed by atoms with van der Waals surface area (Å²) in [6, 6.07) is 5.49. The summed E-state index contributed by atoms with van der Waals surface area (Å²) in [6.45, 7) is 1.59. The normalized spacial score (nSPS) is 18.2. The molecule has 1 aromatic rings. The summed E-state index contributed by atoms with van der Waals surface area (Å²) in [7, 11) is 0. The van der Waals surface area contributed by atoms with Crippen LogP contribution in [0.1, 0.15) is 24.5 Å². The lowest BCUT2D eigenvalue weighted by Crippen LogP contribution is -2.53. The van der Waals surface area contributed by atoms with Crippen molar-refractivity contribution in [1.82, 2.24) is 0 Å². The van der Waals surface area contributed by atoms with Crippen molar-refractivity contribution in [2.24, 2.45) is 0 Å². The molecule has 0 unspecified atom stereocenters. The molecule has 18 heavy (non-hydrogen) atoms. The number of carboxylic acids is 1. The van der Waals surface area contributed by atoms with Gasteiger partial charge in [-0.1, -0.05) is 31.2 Å². The summed E-state index contributed by atoms with van der Waals surface area (Å²) in [4.78, 5) is 11.2. The summed E-state index contributed by atoms with van der Waals surface area (Å²) in [6.07, 6.45) is -0.278. The Morgan fingerprint density at radius 2 is 1.94 bits per heavy atom. The third-order valence-electron chi connectivity index (χ3n) is 3.41. The van der Waals surface area contributed by atoms with E-state index in [2.05, 4.69) is 0 Å². The number of ether oxygens (including phenoxy) is 1. The average molecular weight is 256 g/mol. The van der Waals surface area contributed by atoms with Gasteiger partial charge in [-0.2, -0.15) is 0 Å². The van der Waals surface area contributed by atoms with E-state index >= 15 is 0 Å². The number of hydrogen-bond donors (Lipinski definition) is 1. The molecular weight excluding hydrogens is 242 g/mol. The molecule has 3 nitrogen and oxygen atoms in total. The van der Waals surface area contributed by atoms with E-state index in [1.807, 2.05) is 0 Å². The van der Waals surface area contributed by atoms with E-state index in [9.17, 15) is 18.7 Å². The number of halogens is 2. The molecule has 1 aliphatic rings. The van der Waals surface area contributed by atoms with Crippen molar-refractivity contribution >= 4 is 5.97 Å². The van der Waals surface area contributed by atoms with Crippen molar-refractivity contribution in [1.29, 1.82) is 0 Å². The smallest absolute Gasteiger partial charge is 0.318 e. The van der Waals surface area contributed by atoms with Gasteiger partial charge in [0.05, 0.1) is 13.2 Å². The number of benzene rings is 1. The van der Waals surface area contributed by atoms with Crippen LogP contribution in [0.25, 0.3) is 0 Å². The highest BCUT2D eigenvalue weighted by Crippen LogP contribution is 2.36. The van der Waals surface area contributed by atoms with Crippen molar-refractivity contribution in [3.8, 4) is 0 Å². The Labute approximate surface area is 103 Å². The minimum atomic E-state index is -2.87. The molecule has 1 N–H and O–H groups in total. The average Bonchev–Trinajstić information content (AvgIpc) is 2.28. The number of hydrogen-bond acceptors (Lipinski definition) is 2. The van der Waals surface area contributed by atoms with Crippen molar-refractivity contribution in [3.05, 3.63) is 35.4 Å². The maximum Gasteiger partial charge on any atom is 0.318 e. The monoisotopic (exact) mass is 256 g/mol. The fourth-order valence-corrected chi connectivity index (χ4v) is 1.96. The van der Waals surface area contributed by atoms with Crippen molar-refractivity contribution in [2.45, 2.75) is 24.7 Å². The molecular formula is C13H14F2O3. The summed E-state index contributed by atoms with van der Waals surface area (Å²) < 4.78 is 31.8. The number of alkyl halides is 2. The van der Waals surface area contributed by atoms with Gasteiger partial charge in [0.25, 0.3) is 5.92 Å². The van der Waals surface area contributed by atoms with Crippen LogP contribution < -0.4 is 0 Å². The molecule has 98 valence electrons. The molecule has 0 spiro atoms. The maximum atomic E-state index is 13.4. The fourth-order valence-electron chi connectivity index (χ4n) is 1.96. The van der Waals surface area contributed by atoms with Crippen LogP contribution in [-0.4, -0.2) is 24.3 Å². The molecule has 0 atom stereocenters. The van der Waals surface area contributed by atoms with E-state index < -0.39 is 17.3 Å². The molecule has 0 bridgehead atoms. The predicted molar refractivity (Wildman–Crippen MR) is 60.8 cm³/mol. The fraction of sp³-hybridized carbons (Fsp3) is 0.462. The first-order valence-corrected chi connectivity index (χ1v) is 5.72. The van der Waals surface area contributed by atoms with Crippen LogP contribution in [0.15, 0.2) is 24.3 Å². The molecule has 1 saturated heterocycles. The number of rotatable bonds is 4. The number of carboxylic acid groups (broad SMARTS) is 1. The van der Waals surface area contributed by atoms with E-state index in [4.69, 9.17) is 4.74 Å². The number of carbonyl (C=O) groups is 1. The SMILES string of the molecule is CCC(F)(F)c1ccc(C2(C(=O)O)COC2)cc1. The first-order chi connectivity index (χ1) is 8.42. The van der Waals surface area contributed by atoms with E-state index in [0.717, 1.165) is 0 Å². The minimum absolute atomic E-state index is 0.0884. The maximum absolute atomic E-state index is 13.4. The standard InChI is InChI=1S/C13H14F2O3/c1-2-13(14,15)10-5-3-9(4-6-10)12(11(16)17)7-18-8-12/h3-6H,2,7-8H2,1H3,(H,16,17). The van der Waals surface area contributed by atoms with Crippen molar-refractivity contribution in [3.63, 3.8) is 0 Å². The van der Waals surface area contributed by atoms with Gasteiger partial charge in [-0.25, -0.2) is 8.78 Å². The Kier molecular flexibility index (Phi) is 3.11. The first kappa shape index (κ1) is 13.0. The van der Waals surface area contributed by atoms with E-state index in [1.54, 1.807) is 0 Å². The highest BCUT2D eigenvalue weighted by molar-refractivity contribution is 5.82. The summed E-state index contributed by atoms with van der Waals surface area (Å²) in [5.74, 6) is -3.85. The second-order valence-electron chi connectivity index (χ2n) is 4.52. The zero-order chi connectivity index (χ0) is 13.4. The Hall–Kier alpha value is -1.49. The second-order valence-corrected chi connectivity index (χ2v) is 4.52. The van der Waals surface area contributed by atoms with Crippen LogP contribution in [0, 0.1) is 0 Å². The van der Waals surface area contributed by atoms with E-state index in [-0.39, 0.29) is 25.2 Å². The van der Waals surface area contributed by atoms with Gasteiger partial charge < -0.3 is 9.84 Å². The Morgan fingerprint density at radius 3 is 2.28 bits per heavy atom. The highest BCUT2D eigenvalue weighted by Gasteiger charge is 2.48. The zero-order valence-electron chi connectivity index (χ0n) is 9.95. The second kappa shape index (κ2) is 4.31. The van der Waals surface area contributed by atoms with Gasteiger partial charge in [-0.05, 0) is 5.56 Å². The van der Waals surface area contributed by atoms with Gasteiger partial charge in [-0.15, -0.1) is 0 Å². The molecule has 1 fully saturated rings. The lowest BCUT2D eigenvalue weighted by atomic mass is 9.78. The third kappa shape index (κ3) is 1.88. The Morgan fingerprint density at radius 1 is 1.39 bits per heavy atom. The van der Waals surface area contributed by atoms with Gasteiger partial charge in [0, 0.05) is 12.0 Å². The van der Waals surface area contributed by atoms with Crippen LogP contribution in [0.2, 0.25) is 0 Å². The van der Waals surface area contributed by atoms with Gasteiger partial charge in [0.15, 0.2) is 0 Å². The lowest BCUT2D eigenvalue weighted by molar-refractivity contribution is -0.163. The quantitative estimate of drug-likeness (QED) is 0.900. The van der Waals surface area contributed by atoms with Gasteiger partial charge in [-0.3, -0.25) is 4.79 Å². The summed E-state index contributed by atoms with van der Waals surface area (Å²) in [5, 5.41) is 9.18. The largest absolute Gasteiger partial charge is 0.480 e. The molecule has 2 rings (SSSR count). The molecule has 0 radical (unpaired) electrons. The van der Waals surface area contributed by atoms with Crippen molar-refractivity contribution in [2.75, 3.05) is 13.2 Å². The third-order valence-corrected chi connectivity index (χ3v) is 3.41. The first-order valence-electron chi connectivity index (χ1n) is 5.72. The molecule has 0 aromatic heterocycles. The molecule has 0 saturated carbocycles. The Balaban J connectivity index is 2.31. The van der Waals surface area contributed by atoms with Crippen LogP contribution >= 0.6 is 0 Å². The number of aliphatic carboxylic acids is 1. The van der Waals surface area contributed by atoms with Crippen LogP contribution in [0.4, 0.5) is 8.78 Å². The van der Waals surface area contributed by atoms with Crippen LogP contribution in [0.5, 0.6) is 0 Å². The van der Waals surface area contributed by atoms with Gasteiger partial charge in [0.1, 0.15) is 5.41 Å². The predicted octanol–water partition coefficient (Wildman–Crippen LogP) is 2.54. The molecule has 1 aromatic carbocycles. The van der Waals surface area contributed by atoms with Crippen LogP contribution in [-0.2, 0) is 20.9 Å².